The minimum Gasteiger partial charge on any atom is -0.313 e. The van der Waals surface area contributed by atoms with Crippen LogP contribution >= 0.6 is 11.6 Å². The SMILES string of the molecule is CNC(CC1CCCCC1)c1cc(F)c(F)cc1Cl. The fourth-order valence-corrected chi connectivity index (χ4v) is 3.24. The number of rotatable bonds is 4. The molecule has 1 unspecified atom stereocenters. The molecule has 0 heterocycles. The van der Waals surface area contributed by atoms with Gasteiger partial charge in [0.25, 0.3) is 0 Å². The van der Waals surface area contributed by atoms with Crippen LogP contribution in [0.5, 0.6) is 0 Å². The quantitative estimate of drug-likeness (QED) is 0.781. The van der Waals surface area contributed by atoms with Gasteiger partial charge in [-0.05, 0) is 37.1 Å². The van der Waals surface area contributed by atoms with Crippen molar-refractivity contribution in [1.82, 2.24) is 5.32 Å². The van der Waals surface area contributed by atoms with Crippen molar-refractivity contribution in [1.29, 1.82) is 0 Å². The fourth-order valence-electron chi connectivity index (χ4n) is 2.96. The molecule has 1 aromatic rings. The molecule has 106 valence electrons. The van der Waals surface area contributed by atoms with Gasteiger partial charge in [0.05, 0.1) is 0 Å². The molecule has 1 fully saturated rings. The first-order valence-electron chi connectivity index (χ1n) is 6.93. The van der Waals surface area contributed by atoms with Crippen LogP contribution in [0.15, 0.2) is 12.1 Å². The summed E-state index contributed by atoms with van der Waals surface area (Å²) in [5.74, 6) is -1.07. The van der Waals surface area contributed by atoms with Gasteiger partial charge in [0.1, 0.15) is 0 Å². The van der Waals surface area contributed by atoms with E-state index in [1.165, 1.54) is 38.2 Å². The molecule has 1 atom stereocenters. The van der Waals surface area contributed by atoms with Gasteiger partial charge >= 0.3 is 0 Å². The van der Waals surface area contributed by atoms with E-state index in [9.17, 15) is 8.78 Å². The minimum atomic E-state index is -0.888. The van der Waals surface area contributed by atoms with Gasteiger partial charge in [-0.25, -0.2) is 8.78 Å². The van der Waals surface area contributed by atoms with E-state index in [2.05, 4.69) is 5.32 Å². The molecular formula is C15H20ClF2N. The van der Waals surface area contributed by atoms with Crippen molar-refractivity contribution in [2.75, 3.05) is 7.05 Å². The van der Waals surface area contributed by atoms with Crippen LogP contribution in [0.2, 0.25) is 5.02 Å². The molecule has 0 aliphatic heterocycles. The van der Waals surface area contributed by atoms with E-state index in [0.29, 0.717) is 16.5 Å². The second-order valence-electron chi connectivity index (χ2n) is 5.37. The van der Waals surface area contributed by atoms with Crippen LogP contribution in [0.25, 0.3) is 0 Å². The molecule has 0 saturated heterocycles. The Morgan fingerprint density at radius 1 is 1.21 bits per heavy atom. The molecule has 19 heavy (non-hydrogen) atoms. The highest BCUT2D eigenvalue weighted by molar-refractivity contribution is 6.31. The van der Waals surface area contributed by atoms with Crippen molar-refractivity contribution in [2.45, 2.75) is 44.6 Å². The zero-order valence-corrected chi connectivity index (χ0v) is 11.9. The van der Waals surface area contributed by atoms with E-state index in [0.717, 1.165) is 12.5 Å². The maximum Gasteiger partial charge on any atom is 0.160 e. The summed E-state index contributed by atoms with van der Waals surface area (Å²) in [6.45, 7) is 0. The maximum absolute atomic E-state index is 13.4. The summed E-state index contributed by atoms with van der Waals surface area (Å²) in [6, 6.07) is 2.28. The van der Waals surface area contributed by atoms with Crippen molar-refractivity contribution in [3.05, 3.63) is 34.4 Å². The van der Waals surface area contributed by atoms with Crippen LogP contribution in [-0.2, 0) is 0 Å². The molecule has 1 aromatic carbocycles. The van der Waals surface area contributed by atoms with Crippen LogP contribution in [0.4, 0.5) is 8.78 Å². The van der Waals surface area contributed by atoms with Gasteiger partial charge in [0.2, 0.25) is 0 Å². The van der Waals surface area contributed by atoms with Gasteiger partial charge in [-0.2, -0.15) is 0 Å². The van der Waals surface area contributed by atoms with E-state index in [4.69, 9.17) is 11.6 Å². The van der Waals surface area contributed by atoms with Crippen LogP contribution in [-0.4, -0.2) is 7.05 Å². The van der Waals surface area contributed by atoms with Gasteiger partial charge in [-0.3, -0.25) is 0 Å². The Kier molecular flexibility index (Phi) is 5.17. The smallest absolute Gasteiger partial charge is 0.160 e. The molecule has 1 aliphatic rings. The summed E-state index contributed by atoms with van der Waals surface area (Å²) in [7, 11) is 1.84. The van der Waals surface area contributed by atoms with Gasteiger partial charge in [0.15, 0.2) is 11.6 Å². The molecular weight excluding hydrogens is 268 g/mol. The zero-order chi connectivity index (χ0) is 13.8. The van der Waals surface area contributed by atoms with Crippen molar-refractivity contribution in [3.8, 4) is 0 Å². The van der Waals surface area contributed by atoms with Gasteiger partial charge in [0, 0.05) is 11.1 Å². The van der Waals surface area contributed by atoms with Gasteiger partial charge in [-0.1, -0.05) is 43.7 Å². The first-order valence-corrected chi connectivity index (χ1v) is 7.31. The third-order valence-electron chi connectivity index (χ3n) is 4.06. The lowest BCUT2D eigenvalue weighted by Crippen LogP contribution is -2.21. The van der Waals surface area contributed by atoms with Gasteiger partial charge in [-0.15, -0.1) is 0 Å². The maximum atomic E-state index is 13.4. The molecule has 0 aromatic heterocycles. The standard InChI is InChI=1S/C15H20ClF2N/c1-19-15(7-10-5-3-2-4-6-10)11-8-13(17)14(18)9-12(11)16/h8-10,15,19H,2-7H2,1H3. The monoisotopic (exact) mass is 287 g/mol. The number of hydrogen-bond donors (Lipinski definition) is 1. The first kappa shape index (κ1) is 14.7. The summed E-state index contributed by atoms with van der Waals surface area (Å²) in [5.41, 5.74) is 0.661. The Morgan fingerprint density at radius 3 is 2.47 bits per heavy atom. The van der Waals surface area contributed by atoms with Crippen molar-refractivity contribution in [3.63, 3.8) is 0 Å². The number of nitrogens with one attached hydrogen (secondary N) is 1. The molecule has 1 aliphatic carbocycles. The lowest BCUT2D eigenvalue weighted by Gasteiger charge is -2.27. The van der Waals surface area contributed by atoms with Crippen molar-refractivity contribution >= 4 is 11.6 Å². The predicted molar refractivity (Wildman–Crippen MR) is 74.4 cm³/mol. The second kappa shape index (κ2) is 6.67. The average Bonchev–Trinajstić information content (AvgIpc) is 2.42. The number of halogens is 3. The second-order valence-corrected chi connectivity index (χ2v) is 5.78. The molecule has 0 bridgehead atoms. The highest BCUT2D eigenvalue weighted by atomic mass is 35.5. The lowest BCUT2D eigenvalue weighted by molar-refractivity contribution is 0.305. The highest BCUT2D eigenvalue weighted by Gasteiger charge is 2.22. The van der Waals surface area contributed by atoms with E-state index in [1.807, 2.05) is 7.05 Å². The largest absolute Gasteiger partial charge is 0.313 e. The third kappa shape index (κ3) is 3.67. The summed E-state index contributed by atoms with van der Waals surface area (Å²) in [6.07, 6.45) is 7.23. The Labute approximate surface area is 118 Å². The van der Waals surface area contributed by atoms with Crippen LogP contribution in [0.1, 0.15) is 50.1 Å². The molecule has 1 N–H and O–H groups in total. The van der Waals surface area contributed by atoms with E-state index in [-0.39, 0.29) is 6.04 Å². The Bertz CT molecular complexity index is 430. The molecule has 2 rings (SSSR count). The molecule has 1 saturated carbocycles. The number of benzene rings is 1. The summed E-state index contributed by atoms with van der Waals surface area (Å²) in [5, 5.41) is 3.48. The first-order chi connectivity index (χ1) is 9.11. The van der Waals surface area contributed by atoms with Crippen LogP contribution in [0.3, 0.4) is 0 Å². The molecule has 1 nitrogen and oxygen atoms in total. The van der Waals surface area contributed by atoms with E-state index in [1.54, 1.807) is 0 Å². The zero-order valence-electron chi connectivity index (χ0n) is 11.2. The molecule has 4 heteroatoms. The Balaban J connectivity index is 2.14. The minimum absolute atomic E-state index is 0.00861. The van der Waals surface area contributed by atoms with Crippen molar-refractivity contribution < 1.29 is 8.78 Å². The highest BCUT2D eigenvalue weighted by Crippen LogP contribution is 2.34. The molecule has 0 spiro atoms. The normalized spacial score (nSPS) is 18.5. The Morgan fingerprint density at radius 2 is 1.84 bits per heavy atom. The summed E-state index contributed by atoms with van der Waals surface area (Å²) < 4.78 is 26.5. The van der Waals surface area contributed by atoms with E-state index >= 15 is 0 Å². The number of hydrogen-bond acceptors (Lipinski definition) is 1. The van der Waals surface area contributed by atoms with E-state index < -0.39 is 11.6 Å². The predicted octanol–water partition coefficient (Wildman–Crippen LogP) is 4.85. The third-order valence-corrected chi connectivity index (χ3v) is 4.38. The Hall–Kier alpha value is -0.670. The summed E-state index contributed by atoms with van der Waals surface area (Å²) in [4.78, 5) is 0. The average molecular weight is 288 g/mol. The van der Waals surface area contributed by atoms with Crippen LogP contribution in [0, 0.1) is 17.6 Å². The molecule has 0 radical (unpaired) electrons. The van der Waals surface area contributed by atoms with Crippen molar-refractivity contribution in [2.24, 2.45) is 5.92 Å². The van der Waals surface area contributed by atoms with Crippen LogP contribution < -0.4 is 5.32 Å². The fraction of sp³-hybridized carbons (Fsp3) is 0.600. The lowest BCUT2D eigenvalue weighted by atomic mass is 9.83. The topological polar surface area (TPSA) is 12.0 Å². The molecule has 0 amide bonds. The van der Waals surface area contributed by atoms with Gasteiger partial charge < -0.3 is 5.32 Å². The summed E-state index contributed by atoms with van der Waals surface area (Å²) >= 11 is 6.05.